The third kappa shape index (κ3) is 3.02. The van der Waals surface area contributed by atoms with Gasteiger partial charge in [0.05, 0.1) is 0 Å². The van der Waals surface area contributed by atoms with Crippen LogP contribution >= 0.6 is 0 Å². The lowest BCUT2D eigenvalue weighted by molar-refractivity contribution is 0.0961. The van der Waals surface area contributed by atoms with Crippen molar-refractivity contribution in [2.75, 3.05) is 7.05 Å². The van der Waals surface area contributed by atoms with E-state index in [2.05, 4.69) is 5.32 Å². The summed E-state index contributed by atoms with van der Waals surface area (Å²) in [7, 11) is 1.58. The van der Waals surface area contributed by atoms with E-state index in [4.69, 9.17) is 0 Å². The molecule has 1 amide bonds. The van der Waals surface area contributed by atoms with E-state index >= 15 is 0 Å². The molecule has 3 nitrogen and oxygen atoms in total. The fourth-order valence-corrected chi connectivity index (χ4v) is 2.60. The van der Waals surface area contributed by atoms with Gasteiger partial charge in [-0.1, -0.05) is 29.8 Å². The van der Waals surface area contributed by atoms with Gasteiger partial charge in [-0.05, 0) is 44.0 Å². The van der Waals surface area contributed by atoms with E-state index in [1.807, 2.05) is 32.9 Å². The van der Waals surface area contributed by atoms with Crippen molar-refractivity contribution >= 4 is 11.7 Å². The van der Waals surface area contributed by atoms with Crippen LogP contribution in [-0.2, 0) is 0 Å². The number of carbonyl (C=O) groups excluding carboxylic acids is 2. The molecule has 0 unspecified atom stereocenters. The number of amides is 1. The average Bonchev–Trinajstić information content (AvgIpc) is 2.45. The predicted molar refractivity (Wildman–Crippen MR) is 83.9 cm³/mol. The molecule has 0 aliphatic heterocycles. The molecule has 0 bridgehead atoms. The molecule has 0 aliphatic rings. The van der Waals surface area contributed by atoms with Gasteiger partial charge in [-0.15, -0.1) is 0 Å². The van der Waals surface area contributed by atoms with Crippen molar-refractivity contribution in [2.45, 2.75) is 20.8 Å². The van der Waals surface area contributed by atoms with Gasteiger partial charge in [0, 0.05) is 23.7 Å². The lowest BCUT2D eigenvalue weighted by Gasteiger charge is -2.10. The summed E-state index contributed by atoms with van der Waals surface area (Å²) in [4.78, 5) is 24.2. The van der Waals surface area contributed by atoms with Crippen LogP contribution in [0.15, 0.2) is 36.4 Å². The van der Waals surface area contributed by atoms with Crippen molar-refractivity contribution < 1.29 is 9.59 Å². The monoisotopic (exact) mass is 281 g/mol. The molecule has 0 saturated carbocycles. The maximum atomic E-state index is 12.6. The molecule has 2 rings (SSSR count). The Balaban J connectivity index is 2.39. The third-order valence-corrected chi connectivity index (χ3v) is 3.54. The number of rotatable bonds is 3. The molecule has 2 aromatic carbocycles. The highest BCUT2D eigenvalue weighted by atomic mass is 16.1. The highest BCUT2D eigenvalue weighted by Crippen LogP contribution is 2.20. The first-order valence-electron chi connectivity index (χ1n) is 6.88. The quantitative estimate of drug-likeness (QED) is 0.878. The van der Waals surface area contributed by atoms with E-state index in [9.17, 15) is 9.59 Å². The highest BCUT2D eigenvalue weighted by Gasteiger charge is 2.15. The SMILES string of the molecule is CNC(=O)c1ccc(C(=O)c2c(C)cc(C)cc2C)cc1. The van der Waals surface area contributed by atoms with Crippen LogP contribution in [0.1, 0.15) is 43.0 Å². The molecule has 1 N–H and O–H groups in total. The van der Waals surface area contributed by atoms with Crippen LogP contribution in [0.4, 0.5) is 0 Å². The van der Waals surface area contributed by atoms with Gasteiger partial charge in [0.2, 0.25) is 0 Å². The predicted octanol–water partition coefficient (Wildman–Crippen LogP) is 3.20. The minimum atomic E-state index is -0.156. The molecule has 0 fully saturated rings. The Morgan fingerprint density at radius 3 is 1.81 bits per heavy atom. The largest absolute Gasteiger partial charge is 0.355 e. The van der Waals surface area contributed by atoms with Crippen molar-refractivity contribution in [3.8, 4) is 0 Å². The van der Waals surface area contributed by atoms with Crippen molar-refractivity contribution in [3.63, 3.8) is 0 Å². The van der Waals surface area contributed by atoms with Crippen LogP contribution in [0, 0.1) is 20.8 Å². The summed E-state index contributed by atoms with van der Waals surface area (Å²) in [5.41, 5.74) is 5.00. The highest BCUT2D eigenvalue weighted by molar-refractivity contribution is 6.11. The first-order valence-corrected chi connectivity index (χ1v) is 6.88. The molecule has 2 aromatic rings. The van der Waals surface area contributed by atoms with Gasteiger partial charge in [0.15, 0.2) is 5.78 Å². The fourth-order valence-electron chi connectivity index (χ4n) is 2.60. The van der Waals surface area contributed by atoms with Gasteiger partial charge < -0.3 is 5.32 Å². The Hall–Kier alpha value is -2.42. The normalized spacial score (nSPS) is 10.3. The van der Waals surface area contributed by atoms with Crippen LogP contribution in [0.25, 0.3) is 0 Å². The van der Waals surface area contributed by atoms with E-state index < -0.39 is 0 Å². The molecule has 108 valence electrons. The van der Waals surface area contributed by atoms with E-state index in [0.29, 0.717) is 11.1 Å². The number of aryl methyl sites for hydroxylation is 3. The zero-order chi connectivity index (χ0) is 15.6. The molecule has 0 atom stereocenters. The number of benzene rings is 2. The van der Waals surface area contributed by atoms with Crippen molar-refractivity contribution in [3.05, 3.63) is 69.8 Å². The van der Waals surface area contributed by atoms with E-state index in [0.717, 1.165) is 22.3 Å². The first-order chi connectivity index (χ1) is 9.93. The summed E-state index contributed by atoms with van der Waals surface area (Å²) < 4.78 is 0. The topological polar surface area (TPSA) is 46.2 Å². The van der Waals surface area contributed by atoms with Gasteiger partial charge >= 0.3 is 0 Å². The maximum Gasteiger partial charge on any atom is 0.251 e. The van der Waals surface area contributed by atoms with E-state index in [-0.39, 0.29) is 11.7 Å². The molecule has 21 heavy (non-hydrogen) atoms. The number of nitrogens with one attached hydrogen (secondary N) is 1. The summed E-state index contributed by atoms with van der Waals surface area (Å²) in [5.74, 6) is -0.162. The average molecular weight is 281 g/mol. The number of hydrogen-bond donors (Lipinski definition) is 1. The second-order valence-corrected chi connectivity index (χ2v) is 5.26. The second-order valence-electron chi connectivity index (χ2n) is 5.26. The second kappa shape index (κ2) is 5.92. The van der Waals surface area contributed by atoms with Crippen molar-refractivity contribution in [2.24, 2.45) is 0 Å². The Kier molecular flexibility index (Phi) is 4.22. The molecule has 0 aromatic heterocycles. The maximum absolute atomic E-state index is 12.6. The summed E-state index contributed by atoms with van der Waals surface area (Å²) >= 11 is 0. The van der Waals surface area contributed by atoms with Crippen molar-refractivity contribution in [1.29, 1.82) is 0 Å². The third-order valence-electron chi connectivity index (χ3n) is 3.54. The van der Waals surface area contributed by atoms with Crippen LogP contribution in [-0.4, -0.2) is 18.7 Å². The zero-order valence-electron chi connectivity index (χ0n) is 12.8. The van der Waals surface area contributed by atoms with Crippen LogP contribution in [0.2, 0.25) is 0 Å². The minimum absolute atomic E-state index is 0.00606. The van der Waals surface area contributed by atoms with Crippen LogP contribution < -0.4 is 5.32 Å². The first kappa shape index (κ1) is 15.0. The molecular formula is C18H19NO2. The Morgan fingerprint density at radius 2 is 1.33 bits per heavy atom. The number of ketones is 1. The summed E-state index contributed by atoms with van der Waals surface area (Å²) in [5, 5.41) is 2.56. The summed E-state index contributed by atoms with van der Waals surface area (Å²) in [6.45, 7) is 5.92. The van der Waals surface area contributed by atoms with Crippen molar-refractivity contribution in [1.82, 2.24) is 5.32 Å². The van der Waals surface area contributed by atoms with Gasteiger partial charge in [0.1, 0.15) is 0 Å². The molecule has 3 heteroatoms. The van der Waals surface area contributed by atoms with Gasteiger partial charge in [-0.3, -0.25) is 9.59 Å². The Morgan fingerprint density at radius 1 is 0.857 bits per heavy atom. The van der Waals surface area contributed by atoms with Gasteiger partial charge in [0.25, 0.3) is 5.91 Å². The van der Waals surface area contributed by atoms with E-state index in [1.165, 1.54) is 0 Å². The Labute approximate surface area is 125 Å². The smallest absolute Gasteiger partial charge is 0.251 e. The van der Waals surface area contributed by atoms with Crippen LogP contribution in [0.5, 0.6) is 0 Å². The van der Waals surface area contributed by atoms with E-state index in [1.54, 1.807) is 31.3 Å². The zero-order valence-corrected chi connectivity index (χ0v) is 12.8. The summed E-state index contributed by atoms with van der Waals surface area (Å²) in [6.07, 6.45) is 0. The van der Waals surface area contributed by atoms with Gasteiger partial charge in [-0.25, -0.2) is 0 Å². The van der Waals surface area contributed by atoms with Crippen LogP contribution in [0.3, 0.4) is 0 Å². The Bertz CT molecular complexity index is 677. The standard InChI is InChI=1S/C18H19NO2/c1-11-9-12(2)16(13(3)10-11)17(20)14-5-7-15(8-6-14)18(21)19-4/h5-10H,1-4H3,(H,19,21). The number of carbonyl (C=O) groups is 2. The summed E-state index contributed by atoms with van der Waals surface area (Å²) in [6, 6.07) is 10.8. The minimum Gasteiger partial charge on any atom is -0.355 e. The number of hydrogen-bond acceptors (Lipinski definition) is 2. The lowest BCUT2D eigenvalue weighted by Crippen LogP contribution is -2.17. The molecule has 0 heterocycles. The fraction of sp³-hybridized carbons (Fsp3) is 0.222. The molecule has 0 radical (unpaired) electrons. The molecule has 0 aliphatic carbocycles. The molecular weight excluding hydrogens is 262 g/mol. The van der Waals surface area contributed by atoms with Gasteiger partial charge in [-0.2, -0.15) is 0 Å². The lowest BCUT2D eigenvalue weighted by atomic mass is 9.93. The molecule has 0 spiro atoms. The molecule has 0 saturated heterocycles.